The molecule has 0 aromatic carbocycles. The second-order valence-corrected chi connectivity index (χ2v) is 5.54. The molecule has 2 atom stereocenters. The summed E-state index contributed by atoms with van der Waals surface area (Å²) in [5.41, 5.74) is 0. The summed E-state index contributed by atoms with van der Waals surface area (Å²) in [4.78, 5) is 22.5. The maximum Gasteiger partial charge on any atom is 0.327 e. The zero-order valence-corrected chi connectivity index (χ0v) is 8.67. The van der Waals surface area contributed by atoms with E-state index in [0.717, 1.165) is 0 Å². The normalized spacial score (nSPS) is 31.8. The maximum absolute atomic E-state index is 10.9. The average molecular weight is 203 g/mol. The highest BCUT2D eigenvalue weighted by molar-refractivity contribution is 8.01. The number of amides is 1. The Morgan fingerprint density at radius 1 is 1.62 bits per heavy atom. The Morgan fingerprint density at radius 2 is 2.15 bits per heavy atom. The van der Waals surface area contributed by atoms with E-state index in [0.29, 0.717) is 6.41 Å². The second kappa shape index (κ2) is 3.21. The van der Waals surface area contributed by atoms with E-state index in [9.17, 15) is 9.59 Å². The van der Waals surface area contributed by atoms with E-state index < -0.39 is 16.9 Å². The summed E-state index contributed by atoms with van der Waals surface area (Å²) in [5, 5.41) is 8.85. The molecule has 0 aromatic heterocycles. The fourth-order valence-electron chi connectivity index (χ4n) is 1.65. The van der Waals surface area contributed by atoms with Gasteiger partial charge in [-0.15, -0.1) is 11.8 Å². The Kier molecular flexibility index (Phi) is 2.56. The van der Waals surface area contributed by atoms with Crippen LogP contribution in [0.5, 0.6) is 0 Å². The molecule has 1 rings (SSSR count). The van der Waals surface area contributed by atoms with Crippen LogP contribution in [0.25, 0.3) is 0 Å². The molecule has 1 saturated heterocycles. The van der Waals surface area contributed by atoms with Gasteiger partial charge < -0.3 is 10.0 Å². The molecule has 1 aliphatic rings. The number of carboxylic acid groups (broad SMARTS) is 1. The van der Waals surface area contributed by atoms with Crippen molar-refractivity contribution in [3.8, 4) is 0 Å². The molecule has 0 aliphatic carbocycles. The number of hydrogen-bond donors (Lipinski definition) is 1. The predicted molar refractivity (Wildman–Crippen MR) is 50.5 cm³/mol. The monoisotopic (exact) mass is 203 g/mol. The quantitative estimate of drug-likeness (QED) is 0.673. The molecule has 4 nitrogen and oxygen atoms in total. The second-order valence-electron chi connectivity index (χ2n) is 3.57. The van der Waals surface area contributed by atoms with E-state index in [-0.39, 0.29) is 5.25 Å². The van der Waals surface area contributed by atoms with Crippen molar-refractivity contribution < 1.29 is 14.7 Å². The highest BCUT2D eigenvalue weighted by atomic mass is 32.2. The van der Waals surface area contributed by atoms with Crippen molar-refractivity contribution in [2.45, 2.75) is 36.9 Å². The smallest absolute Gasteiger partial charge is 0.327 e. The van der Waals surface area contributed by atoms with Crippen LogP contribution in [-0.4, -0.2) is 38.5 Å². The van der Waals surface area contributed by atoms with Crippen LogP contribution in [0.4, 0.5) is 0 Å². The lowest BCUT2D eigenvalue weighted by atomic mass is 10.1. The zero-order chi connectivity index (χ0) is 10.2. The summed E-state index contributed by atoms with van der Waals surface area (Å²) < 4.78 is 0. The fraction of sp³-hybridized carbons (Fsp3) is 0.750. The third kappa shape index (κ3) is 1.65. The van der Waals surface area contributed by atoms with Crippen molar-refractivity contribution in [1.29, 1.82) is 0 Å². The summed E-state index contributed by atoms with van der Waals surface area (Å²) in [5.74, 6) is -0.933. The highest BCUT2D eigenvalue weighted by Crippen LogP contribution is 2.42. The van der Waals surface area contributed by atoms with Crippen LogP contribution in [-0.2, 0) is 9.59 Å². The van der Waals surface area contributed by atoms with Crippen molar-refractivity contribution in [1.82, 2.24) is 4.90 Å². The van der Waals surface area contributed by atoms with Gasteiger partial charge in [-0.25, -0.2) is 4.79 Å². The van der Waals surface area contributed by atoms with E-state index >= 15 is 0 Å². The molecule has 1 amide bonds. The summed E-state index contributed by atoms with van der Waals surface area (Å²) in [6.07, 6.45) is 0.620. The number of aliphatic carboxylic acids is 1. The Balaban J connectivity index is 2.96. The van der Waals surface area contributed by atoms with Gasteiger partial charge >= 0.3 is 5.97 Å². The molecule has 1 aliphatic heterocycles. The van der Waals surface area contributed by atoms with Gasteiger partial charge in [-0.3, -0.25) is 4.79 Å². The first-order valence-corrected chi connectivity index (χ1v) is 4.92. The first kappa shape index (κ1) is 10.4. The van der Waals surface area contributed by atoms with Gasteiger partial charge in [0.1, 0.15) is 6.04 Å². The van der Waals surface area contributed by atoms with E-state index in [1.54, 1.807) is 0 Å². The molecule has 5 heteroatoms. The molecule has 0 spiro atoms. The molecule has 74 valence electrons. The number of carboxylic acids is 1. The first-order chi connectivity index (χ1) is 5.90. The van der Waals surface area contributed by atoms with E-state index in [2.05, 4.69) is 0 Å². The standard InChI is InChI=1S/C8H13NO3S/c1-5-6(7(11)12)9(4-10)8(2,3)13-5/h4-6H,1-3H3,(H,11,12). The number of thioether (sulfide) groups is 1. The lowest BCUT2D eigenvalue weighted by molar-refractivity contribution is -0.147. The van der Waals surface area contributed by atoms with Crippen LogP contribution in [0.15, 0.2) is 0 Å². The number of rotatable bonds is 2. The molecule has 1 N–H and O–H groups in total. The third-order valence-electron chi connectivity index (χ3n) is 2.21. The van der Waals surface area contributed by atoms with Gasteiger partial charge in [0.05, 0.1) is 4.87 Å². The number of nitrogens with zero attached hydrogens (tertiary/aromatic N) is 1. The van der Waals surface area contributed by atoms with Crippen molar-refractivity contribution in [3.63, 3.8) is 0 Å². The SMILES string of the molecule is CC1SC(C)(C)N(C=O)C1C(=O)O. The van der Waals surface area contributed by atoms with Crippen LogP contribution >= 0.6 is 11.8 Å². The topological polar surface area (TPSA) is 57.6 Å². The van der Waals surface area contributed by atoms with Crippen molar-refractivity contribution in [3.05, 3.63) is 0 Å². The van der Waals surface area contributed by atoms with Crippen molar-refractivity contribution >= 4 is 24.1 Å². The van der Waals surface area contributed by atoms with Crippen LogP contribution in [0.1, 0.15) is 20.8 Å². The van der Waals surface area contributed by atoms with Gasteiger partial charge in [-0.1, -0.05) is 6.92 Å². The van der Waals surface area contributed by atoms with Crippen molar-refractivity contribution in [2.75, 3.05) is 0 Å². The van der Waals surface area contributed by atoms with Gasteiger partial charge in [0.25, 0.3) is 0 Å². The number of carbonyl (C=O) groups excluding carboxylic acids is 1. The Morgan fingerprint density at radius 3 is 2.46 bits per heavy atom. The minimum absolute atomic E-state index is 0.0577. The molecule has 0 radical (unpaired) electrons. The Labute approximate surface area is 81.3 Å². The molecule has 0 bridgehead atoms. The minimum Gasteiger partial charge on any atom is -0.480 e. The van der Waals surface area contributed by atoms with Crippen LogP contribution in [0.3, 0.4) is 0 Å². The van der Waals surface area contributed by atoms with E-state index in [1.165, 1.54) is 16.7 Å². The summed E-state index contributed by atoms with van der Waals surface area (Å²) in [6, 6.07) is -0.697. The van der Waals surface area contributed by atoms with Gasteiger partial charge in [-0.2, -0.15) is 0 Å². The Bertz CT molecular complexity index is 242. The zero-order valence-electron chi connectivity index (χ0n) is 7.85. The van der Waals surface area contributed by atoms with Crippen molar-refractivity contribution in [2.24, 2.45) is 0 Å². The van der Waals surface area contributed by atoms with Gasteiger partial charge in [0, 0.05) is 5.25 Å². The van der Waals surface area contributed by atoms with Gasteiger partial charge in [0.15, 0.2) is 0 Å². The minimum atomic E-state index is -0.933. The molecule has 2 unspecified atom stereocenters. The van der Waals surface area contributed by atoms with Crippen LogP contribution < -0.4 is 0 Å². The van der Waals surface area contributed by atoms with Crippen LogP contribution in [0, 0.1) is 0 Å². The van der Waals surface area contributed by atoms with E-state index in [4.69, 9.17) is 5.11 Å². The average Bonchev–Trinajstić information content (AvgIpc) is 2.18. The fourth-order valence-corrected chi connectivity index (χ4v) is 3.22. The first-order valence-electron chi connectivity index (χ1n) is 4.04. The Hall–Kier alpha value is -0.710. The van der Waals surface area contributed by atoms with E-state index in [1.807, 2.05) is 20.8 Å². The summed E-state index contributed by atoms with van der Waals surface area (Å²) >= 11 is 1.51. The van der Waals surface area contributed by atoms with Crippen LogP contribution in [0.2, 0.25) is 0 Å². The molecule has 1 heterocycles. The molecule has 0 aromatic rings. The lowest BCUT2D eigenvalue weighted by Gasteiger charge is -2.28. The number of hydrogen-bond acceptors (Lipinski definition) is 3. The third-order valence-corrected chi connectivity index (χ3v) is 3.62. The molecular formula is C8H13NO3S. The molecule has 1 fully saturated rings. The lowest BCUT2D eigenvalue weighted by Crippen LogP contribution is -2.46. The highest BCUT2D eigenvalue weighted by Gasteiger charge is 2.47. The predicted octanol–water partition coefficient (Wildman–Crippen LogP) is 0.769. The molecular weight excluding hydrogens is 190 g/mol. The summed E-state index contributed by atoms with van der Waals surface area (Å²) in [7, 11) is 0. The van der Waals surface area contributed by atoms with Gasteiger partial charge in [0.2, 0.25) is 6.41 Å². The maximum atomic E-state index is 10.9. The van der Waals surface area contributed by atoms with Gasteiger partial charge in [-0.05, 0) is 13.8 Å². The number of carbonyl (C=O) groups is 2. The largest absolute Gasteiger partial charge is 0.480 e. The molecule has 0 saturated carbocycles. The molecule has 13 heavy (non-hydrogen) atoms. The summed E-state index contributed by atoms with van der Waals surface area (Å²) in [6.45, 7) is 5.53.